The maximum Gasteiger partial charge on any atom is 0.323 e. The van der Waals surface area contributed by atoms with Crippen molar-refractivity contribution in [3.05, 3.63) is 76.5 Å². The molecular formula is C22H20N2O2. The predicted octanol–water partition coefficient (Wildman–Crippen LogP) is 3.54. The first-order chi connectivity index (χ1) is 12.7. The Labute approximate surface area is 151 Å². The summed E-state index contributed by atoms with van der Waals surface area (Å²) in [5, 5.41) is 4.72. The smallest absolute Gasteiger partial charge is 0.323 e. The van der Waals surface area contributed by atoms with Gasteiger partial charge in [0, 0.05) is 23.0 Å². The van der Waals surface area contributed by atoms with Crippen LogP contribution in [0.4, 0.5) is 0 Å². The summed E-state index contributed by atoms with van der Waals surface area (Å²) in [4.78, 5) is 15.9. The quantitative estimate of drug-likeness (QED) is 0.699. The van der Waals surface area contributed by atoms with Crippen molar-refractivity contribution in [2.75, 3.05) is 7.11 Å². The Morgan fingerprint density at radius 2 is 1.92 bits per heavy atom. The molecule has 5 rings (SSSR count). The molecule has 4 nitrogen and oxygen atoms in total. The van der Waals surface area contributed by atoms with Crippen molar-refractivity contribution in [3.63, 3.8) is 0 Å². The van der Waals surface area contributed by atoms with E-state index < -0.39 is 0 Å². The molecule has 0 amide bonds. The van der Waals surface area contributed by atoms with Crippen LogP contribution in [0, 0.1) is 0 Å². The zero-order chi connectivity index (χ0) is 17.7. The zero-order valence-electron chi connectivity index (χ0n) is 14.6. The van der Waals surface area contributed by atoms with Gasteiger partial charge in [-0.1, -0.05) is 48.5 Å². The molecular weight excluding hydrogens is 324 g/mol. The molecule has 26 heavy (non-hydrogen) atoms. The number of para-hydroxylation sites is 1. The number of nitrogens with one attached hydrogen (secondary N) is 2. The van der Waals surface area contributed by atoms with E-state index in [4.69, 9.17) is 4.74 Å². The van der Waals surface area contributed by atoms with Crippen molar-refractivity contribution in [2.24, 2.45) is 0 Å². The summed E-state index contributed by atoms with van der Waals surface area (Å²) in [6.07, 6.45) is 3.79. The van der Waals surface area contributed by atoms with Gasteiger partial charge in [-0.3, -0.25) is 10.1 Å². The number of H-pyrrole nitrogens is 1. The summed E-state index contributed by atoms with van der Waals surface area (Å²) < 4.78 is 5.04. The molecule has 0 spiro atoms. The second-order valence-electron chi connectivity index (χ2n) is 7.04. The van der Waals surface area contributed by atoms with Crippen molar-refractivity contribution in [2.45, 2.75) is 24.9 Å². The third kappa shape index (κ3) is 2.30. The van der Waals surface area contributed by atoms with Gasteiger partial charge < -0.3 is 9.72 Å². The average molecular weight is 344 g/mol. The number of hydrogen-bond donors (Lipinski definition) is 2. The van der Waals surface area contributed by atoms with E-state index in [0.717, 1.165) is 11.9 Å². The normalized spacial score (nSPS) is 21.2. The van der Waals surface area contributed by atoms with Crippen LogP contribution in [0.25, 0.3) is 17.0 Å². The summed E-state index contributed by atoms with van der Waals surface area (Å²) in [5.41, 5.74) is 7.39. The highest BCUT2D eigenvalue weighted by molar-refractivity contribution is 5.87. The molecule has 2 atom stereocenters. The Bertz CT molecular complexity index is 1050. The van der Waals surface area contributed by atoms with Gasteiger partial charge in [0.2, 0.25) is 0 Å². The molecule has 2 heterocycles. The first-order valence-electron chi connectivity index (χ1n) is 8.96. The number of carbonyl (C=O) groups excluding carboxylic acids is 1. The van der Waals surface area contributed by atoms with Gasteiger partial charge >= 0.3 is 5.97 Å². The molecule has 2 N–H and O–H groups in total. The van der Waals surface area contributed by atoms with Crippen LogP contribution >= 0.6 is 0 Å². The fourth-order valence-corrected chi connectivity index (χ4v) is 4.31. The van der Waals surface area contributed by atoms with Crippen LogP contribution in [-0.2, 0) is 22.4 Å². The van der Waals surface area contributed by atoms with E-state index in [1.165, 1.54) is 40.5 Å². The number of aromatic amines is 1. The Kier molecular flexibility index (Phi) is 3.47. The minimum atomic E-state index is -0.332. The number of aromatic nitrogens is 1. The van der Waals surface area contributed by atoms with Gasteiger partial charge in [0.15, 0.2) is 0 Å². The lowest BCUT2D eigenvalue weighted by Gasteiger charge is -2.31. The molecule has 2 aromatic carbocycles. The van der Waals surface area contributed by atoms with Crippen LogP contribution in [0.5, 0.6) is 0 Å². The van der Waals surface area contributed by atoms with Crippen LogP contribution < -0.4 is 5.32 Å². The first kappa shape index (κ1) is 15.4. The summed E-state index contributed by atoms with van der Waals surface area (Å²) in [6, 6.07) is 16.4. The molecule has 4 heteroatoms. The van der Waals surface area contributed by atoms with Gasteiger partial charge in [0.1, 0.15) is 6.04 Å². The molecule has 3 aromatic rings. The molecule has 0 saturated carbocycles. The van der Waals surface area contributed by atoms with Crippen LogP contribution in [0.2, 0.25) is 0 Å². The van der Waals surface area contributed by atoms with Gasteiger partial charge in [-0.25, -0.2) is 0 Å². The van der Waals surface area contributed by atoms with Gasteiger partial charge in [-0.05, 0) is 34.8 Å². The summed E-state index contributed by atoms with van der Waals surface area (Å²) in [5.74, 6) is -0.206. The fourth-order valence-electron chi connectivity index (χ4n) is 4.31. The second-order valence-corrected chi connectivity index (χ2v) is 7.04. The molecule has 130 valence electrons. The van der Waals surface area contributed by atoms with Crippen LogP contribution in [0.15, 0.2) is 54.1 Å². The largest absolute Gasteiger partial charge is 0.468 e. The lowest BCUT2D eigenvalue weighted by Crippen LogP contribution is -2.45. The van der Waals surface area contributed by atoms with Crippen molar-refractivity contribution in [1.82, 2.24) is 10.3 Å². The molecule has 2 aliphatic rings. The molecule has 2 unspecified atom stereocenters. The van der Waals surface area contributed by atoms with Crippen molar-refractivity contribution < 1.29 is 9.53 Å². The Morgan fingerprint density at radius 3 is 2.77 bits per heavy atom. The molecule has 1 aliphatic carbocycles. The third-order valence-electron chi connectivity index (χ3n) is 5.56. The summed E-state index contributed by atoms with van der Waals surface area (Å²) >= 11 is 0. The number of rotatable bonds is 2. The number of fused-ring (bicyclic) bond motifs is 4. The number of esters is 1. The minimum Gasteiger partial charge on any atom is -0.468 e. The second kappa shape index (κ2) is 5.85. The minimum absolute atomic E-state index is 0.0114. The van der Waals surface area contributed by atoms with Crippen LogP contribution in [0.3, 0.4) is 0 Å². The van der Waals surface area contributed by atoms with Crippen LogP contribution in [0.1, 0.15) is 28.4 Å². The molecule has 1 aromatic heterocycles. The molecule has 1 aliphatic heterocycles. The lowest BCUT2D eigenvalue weighted by molar-refractivity contribution is -0.143. The Morgan fingerprint density at radius 1 is 1.12 bits per heavy atom. The van der Waals surface area contributed by atoms with Crippen molar-refractivity contribution >= 4 is 22.9 Å². The highest BCUT2D eigenvalue weighted by atomic mass is 16.5. The molecule has 0 radical (unpaired) electrons. The van der Waals surface area contributed by atoms with E-state index in [1.807, 2.05) is 12.1 Å². The van der Waals surface area contributed by atoms with E-state index in [2.05, 4.69) is 52.8 Å². The van der Waals surface area contributed by atoms with Crippen molar-refractivity contribution in [1.29, 1.82) is 0 Å². The lowest BCUT2D eigenvalue weighted by atomic mass is 9.89. The number of hydrogen-bond acceptors (Lipinski definition) is 3. The molecule has 0 fully saturated rings. The van der Waals surface area contributed by atoms with E-state index >= 15 is 0 Å². The number of methoxy groups -OCH3 is 1. The highest BCUT2D eigenvalue weighted by Crippen LogP contribution is 2.39. The number of carbonyl (C=O) groups is 1. The van der Waals surface area contributed by atoms with Gasteiger partial charge in [-0.2, -0.15) is 0 Å². The van der Waals surface area contributed by atoms with Crippen LogP contribution in [-0.4, -0.2) is 24.1 Å². The fraction of sp³-hybridized carbons (Fsp3) is 0.227. The van der Waals surface area contributed by atoms with Gasteiger partial charge in [0.05, 0.1) is 13.2 Å². The van der Waals surface area contributed by atoms with E-state index in [1.54, 1.807) is 0 Å². The van der Waals surface area contributed by atoms with Gasteiger partial charge in [-0.15, -0.1) is 0 Å². The topological polar surface area (TPSA) is 54.1 Å². The van der Waals surface area contributed by atoms with Gasteiger partial charge in [0.25, 0.3) is 0 Å². The standard InChI is InChI=1S/C22H20N2O2/c1-26-22(25)19-12-17-16-8-4-5-9-18(16)23-21(17)20(24-19)15-10-13-6-2-3-7-14(13)11-15/h2-10,19-20,23-24H,11-12H2,1H3. The molecule has 0 bridgehead atoms. The summed E-state index contributed by atoms with van der Waals surface area (Å²) in [7, 11) is 1.45. The monoisotopic (exact) mass is 344 g/mol. The zero-order valence-corrected chi connectivity index (χ0v) is 14.6. The number of ether oxygens (including phenoxy) is 1. The maximum absolute atomic E-state index is 12.3. The first-order valence-corrected chi connectivity index (χ1v) is 8.96. The summed E-state index contributed by atoms with van der Waals surface area (Å²) in [6.45, 7) is 0. The van der Waals surface area contributed by atoms with Crippen molar-refractivity contribution in [3.8, 4) is 0 Å². The molecule has 0 saturated heterocycles. The SMILES string of the molecule is COC(=O)C1Cc2c([nH]c3ccccc23)C(C2=Cc3ccccc3C2)N1. The Balaban J connectivity index is 1.62. The highest BCUT2D eigenvalue weighted by Gasteiger charge is 2.36. The Hall–Kier alpha value is -2.85. The van der Waals surface area contributed by atoms with E-state index in [-0.39, 0.29) is 18.1 Å². The average Bonchev–Trinajstić information content (AvgIpc) is 3.27. The third-order valence-corrected chi connectivity index (χ3v) is 5.56. The number of benzene rings is 2. The van der Waals surface area contributed by atoms with E-state index in [0.29, 0.717) is 6.42 Å². The van der Waals surface area contributed by atoms with E-state index in [9.17, 15) is 4.79 Å². The maximum atomic E-state index is 12.3. The predicted molar refractivity (Wildman–Crippen MR) is 102 cm³/mol.